The molecular formula is C25H27ClN2O5S. The summed E-state index contributed by atoms with van der Waals surface area (Å²) >= 11 is 7.49. The number of phenols is 1. The second kappa shape index (κ2) is 10.5. The number of carbonyl (C=O) groups is 3. The van der Waals surface area contributed by atoms with Crippen molar-refractivity contribution in [1.29, 1.82) is 0 Å². The van der Waals surface area contributed by atoms with E-state index in [0.29, 0.717) is 11.3 Å². The molecule has 3 rings (SSSR count). The quantitative estimate of drug-likeness (QED) is 0.421. The maximum Gasteiger partial charge on any atom is 0.274 e. The molecule has 0 radical (unpaired) electrons. The van der Waals surface area contributed by atoms with E-state index in [1.807, 2.05) is 37.6 Å². The first-order chi connectivity index (χ1) is 16.0. The van der Waals surface area contributed by atoms with Crippen molar-refractivity contribution in [3.63, 3.8) is 0 Å². The predicted octanol–water partition coefficient (Wildman–Crippen LogP) is 5.10. The highest BCUT2D eigenvalue weighted by atomic mass is 35.5. The SMILES string of the molecule is Cc1cc(C(=O)N[C@@H](Cc2ccc(O)c(Cl)c2)C(=O)C[C@H](C(=O)C(C)(C)C)c2ccsc2)no1. The fourth-order valence-electron chi connectivity index (χ4n) is 3.57. The highest BCUT2D eigenvalue weighted by Crippen LogP contribution is 2.32. The zero-order valence-electron chi connectivity index (χ0n) is 19.4. The lowest BCUT2D eigenvalue weighted by Crippen LogP contribution is -2.43. The van der Waals surface area contributed by atoms with Gasteiger partial charge in [-0.05, 0) is 53.4 Å². The molecule has 1 aromatic carbocycles. The summed E-state index contributed by atoms with van der Waals surface area (Å²) in [6.07, 6.45) is 0.0584. The van der Waals surface area contributed by atoms with E-state index in [-0.39, 0.29) is 40.9 Å². The zero-order valence-corrected chi connectivity index (χ0v) is 21.0. The Kier molecular flexibility index (Phi) is 7.94. The lowest BCUT2D eigenvalue weighted by Gasteiger charge is -2.26. The van der Waals surface area contributed by atoms with Gasteiger partial charge in [0.25, 0.3) is 5.91 Å². The van der Waals surface area contributed by atoms with E-state index >= 15 is 0 Å². The Hall–Kier alpha value is -2.97. The third kappa shape index (κ3) is 6.33. The Morgan fingerprint density at radius 1 is 1.21 bits per heavy atom. The number of aromatic hydroxyl groups is 1. The van der Waals surface area contributed by atoms with E-state index in [2.05, 4.69) is 10.5 Å². The number of Topliss-reactive ketones (excluding diaryl/α,β-unsaturated/α-hetero) is 2. The van der Waals surface area contributed by atoms with Crippen molar-refractivity contribution in [2.75, 3.05) is 0 Å². The van der Waals surface area contributed by atoms with Gasteiger partial charge in [-0.3, -0.25) is 14.4 Å². The van der Waals surface area contributed by atoms with Crippen LogP contribution in [0.4, 0.5) is 0 Å². The maximum atomic E-state index is 13.5. The highest BCUT2D eigenvalue weighted by Gasteiger charge is 2.35. The largest absolute Gasteiger partial charge is 0.506 e. The highest BCUT2D eigenvalue weighted by molar-refractivity contribution is 7.08. The number of amides is 1. The zero-order chi connectivity index (χ0) is 25.0. The number of nitrogens with zero attached hydrogens (tertiary/aromatic N) is 1. The molecule has 0 aliphatic rings. The lowest BCUT2D eigenvalue weighted by molar-refractivity contribution is -0.131. The third-order valence-electron chi connectivity index (χ3n) is 5.41. The van der Waals surface area contributed by atoms with E-state index in [1.54, 1.807) is 19.1 Å². The van der Waals surface area contributed by atoms with Crippen LogP contribution in [-0.4, -0.2) is 33.8 Å². The first-order valence-electron chi connectivity index (χ1n) is 10.8. The molecular weight excluding hydrogens is 476 g/mol. The molecule has 2 N–H and O–H groups in total. The molecule has 34 heavy (non-hydrogen) atoms. The molecule has 0 unspecified atom stereocenters. The van der Waals surface area contributed by atoms with Gasteiger partial charge in [0, 0.05) is 17.9 Å². The van der Waals surface area contributed by atoms with Crippen LogP contribution in [0.15, 0.2) is 45.6 Å². The number of thiophene rings is 1. The van der Waals surface area contributed by atoms with Crippen LogP contribution in [0.25, 0.3) is 0 Å². The van der Waals surface area contributed by atoms with E-state index < -0.39 is 23.3 Å². The second-order valence-electron chi connectivity index (χ2n) is 9.23. The Morgan fingerprint density at radius 2 is 1.94 bits per heavy atom. The Balaban J connectivity index is 1.89. The molecule has 9 heteroatoms. The third-order valence-corrected chi connectivity index (χ3v) is 6.42. The standard InChI is InChI=1S/C25H27ClN2O5S/c1-14-9-20(28-33-14)24(32)27-19(11-15-5-6-21(29)18(26)10-15)22(30)12-17(16-7-8-34-13-16)23(31)25(2,3)4/h5-10,13,17,19,29H,11-12H2,1-4H3,(H,27,32)/t17-,19-/m0/s1. The average molecular weight is 503 g/mol. The molecule has 3 aromatic rings. The van der Waals surface area contributed by atoms with Crippen molar-refractivity contribution in [3.05, 3.63) is 68.7 Å². The molecule has 2 aromatic heterocycles. The predicted molar refractivity (Wildman–Crippen MR) is 130 cm³/mol. The number of phenolic OH excluding ortho intramolecular Hbond substituents is 1. The number of rotatable bonds is 9. The molecule has 180 valence electrons. The number of hydrogen-bond acceptors (Lipinski definition) is 7. The number of carbonyl (C=O) groups excluding carboxylic acids is 3. The van der Waals surface area contributed by atoms with Gasteiger partial charge in [0.2, 0.25) is 0 Å². The monoisotopic (exact) mass is 502 g/mol. The van der Waals surface area contributed by atoms with Crippen LogP contribution in [0.5, 0.6) is 5.75 Å². The molecule has 2 heterocycles. The summed E-state index contributed by atoms with van der Waals surface area (Å²) in [6.45, 7) is 7.13. The minimum Gasteiger partial charge on any atom is -0.506 e. The van der Waals surface area contributed by atoms with Gasteiger partial charge in [0.15, 0.2) is 11.5 Å². The molecule has 0 fully saturated rings. The summed E-state index contributed by atoms with van der Waals surface area (Å²) in [5.41, 5.74) is 0.836. The van der Waals surface area contributed by atoms with Gasteiger partial charge in [-0.25, -0.2) is 0 Å². The Morgan fingerprint density at radius 3 is 2.50 bits per heavy atom. The van der Waals surface area contributed by atoms with Gasteiger partial charge in [0.05, 0.1) is 17.0 Å². The lowest BCUT2D eigenvalue weighted by atomic mass is 9.77. The summed E-state index contributed by atoms with van der Waals surface area (Å²) in [5.74, 6) is -1.16. The number of aryl methyl sites for hydroxylation is 1. The van der Waals surface area contributed by atoms with Crippen LogP contribution in [0.3, 0.4) is 0 Å². The first-order valence-corrected chi connectivity index (χ1v) is 12.1. The Labute approximate surface area is 207 Å². The van der Waals surface area contributed by atoms with Crippen LogP contribution in [0, 0.1) is 12.3 Å². The second-order valence-corrected chi connectivity index (χ2v) is 10.4. The van der Waals surface area contributed by atoms with Crippen molar-refractivity contribution >= 4 is 40.4 Å². The van der Waals surface area contributed by atoms with Crippen molar-refractivity contribution in [3.8, 4) is 5.75 Å². The summed E-state index contributed by atoms with van der Waals surface area (Å²) in [5, 5.41) is 20.0. The van der Waals surface area contributed by atoms with E-state index in [0.717, 1.165) is 5.56 Å². The summed E-state index contributed by atoms with van der Waals surface area (Å²) < 4.78 is 4.97. The fraction of sp³-hybridized carbons (Fsp3) is 0.360. The molecule has 0 aliphatic heterocycles. The molecule has 2 atom stereocenters. The molecule has 0 spiro atoms. The minimum atomic E-state index is -0.945. The topological polar surface area (TPSA) is 110 Å². The van der Waals surface area contributed by atoms with Gasteiger partial charge in [-0.2, -0.15) is 11.3 Å². The summed E-state index contributed by atoms with van der Waals surface area (Å²) in [7, 11) is 0. The van der Waals surface area contributed by atoms with Gasteiger partial charge >= 0.3 is 0 Å². The number of hydrogen-bond donors (Lipinski definition) is 2. The molecule has 1 amide bonds. The first kappa shape index (κ1) is 25.6. The summed E-state index contributed by atoms with van der Waals surface area (Å²) in [6, 6.07) is 6.98. The number of nitrogens with one attached hydrogen (secondary N) is 1. The summed E-state index contributed by atoms with van der Waals surface area (Å²) in [4.78, 5) is 39.5. The van der Waals surface area contributed by atoms with Crippen LogP contribution >= 0.6 is 22.9 Å². The molecule has 7 nitrogen and oxygen atoms in total. The van der Waals surface area contributed by atoms with E-state index in [9.17, 15) is 19.5 Å². The van der Waals surface area contributed by atoms with Gasteiger partial charge in [0.1, 0.15) is 17.3 Å². The Bertz CT molecular complexity index is 1180. The van der Waals surface area contributed by atoms with Crippen LogP contribution in [0.2, 0.25) is 5.02 Å². The normalized spacial score (nSPS) is 13.3. The van der Waals surface area contributed by atoms with Gasteiger partial charge in [-0.1, -0.05) is 43.6 Å². The number of halogens is 1. The molecule has 0 bridgehead atoms. The number of aromatic nitrogens is 1. The van der Waals surface area contributed by atoms with E-state index in [1.165, 1.54) is 23.5 Å². The van der Waals surface area contributed by atoms with Crippen molar-refractivity contribution in [2.45, 2.75) is 52.5 Å². The maximum absolute atomic E-state index is 13.5. The minimum absolute atomic E-state index is 0.0517. The van der Waals surface area contributed by atoms with Crippen molar-refractivity contribution in [2.24, 2.45) is 5.41 Å². The van der Waals surface area contributed by atoms with Crippen molar-refractivity contribution in [1.82, 2.24) is 10.5 Å². The van der Waals surface area contributed by atoms with Gasteiger partial charge < -0.3 is 14.9 Å². The van der Waals surface area contributed by atoms with Crippen LogP contribution in [-0.2, 0) is 16.0 Å². The average Bonchev–Trinajstić information content (AvgIpc) is 3.45. The van der Waals surface area contributed by atoms with Crippen LogP contribution < -0.4 is 5.32 Å². The molecule has 0 saturated carbocycles. The number of ketones is 2. The molecule has 0 saturated heterocycles. The van der Waals surface area contributed by atoms with E-state index in [4.69, 9.17) is 16.1 Å². The van der Waals surface area contributed by atoms with Crippen molar-refractivity contribution < 1.29 is 24.0 Å². The number of benzene rings is 1. The van der Waals surface area contributed by atoms with Gasteiger partial charge in [-0.15, -0.1) is 0 Å². The fourth-order valence-corrected chi connectivity index (χ4v) is 4.48. The van der Waals surface area contributed by atoms with Crippen LogP contribution in [0.1, 0.15) is 60.5 Å². The molecule has 0 aliphatic carbocycles. The smallest absolute Gasteiger partial charge is 0.274 e.